The second-order valence-electron chi connectivity index (χ2n) is 5.70. The molecule has 0 amide bonds. The number of ether oxygens (including phenoxy) is 1. The third kappa shape index (κ3) is 3.41. The van der Waals surface area contributed by atoms with Crippen LogP contribution in [-0.4, -0.2) is 24.3 Å². The summed E-state index contributed by atoms with van der Waals surface area (Å²) in [7, 11) is 0. The van der Waals surface area contributed by atoms with Crippen molar-refractivity contribution in [2.45, 2.75) is 44.2 Å². The predicted molar refractivity (Wildman–Crippen MR) is 80.7 cm³/mol. The van der Waals surface area contributed by atoms with Gasteiger partial charge in [-0.25, -0.2) is 0 Å². The molecule has 106 valence electrons. The van der Waals surface area contributed by atoms with Crippen LogP contribution in [0.4, 0.5) is 5.69 Å². The summed E-state index contributed by atoms with van der Waals surface area (Å²) < 4.78 is 5.91. The third-order valence-corrected chi connectivity index (χ3v) is 4.39. The number of hydrogen-bond donors (Lipinski definition) is 2. The van der Waals surface area contributed by atoms with Gasteiger partial charge in [0.05, 0.1) is 11.1 Å². The molecule has 1 aliphatic heterocycles. The van der Waals surface area contributed by atoms with Crippen molar-refractivity contribution in [3.05, 3.63) is 29.3 Å². The molecule has 1 aliphatic rings. The van der Waals surface area contributed by atoms with E-state index in [1.165, 1.54) is 0 Å². The van der Waals surface area contributed by atoms with Gasteiger partial charge in [0.2, 0.25) is 0 Å². The van der Waals surface area contributed by atoms with Crippen LogP contribution in [0.5, 0.6) is 0 Å². The molecule has 3 N–H and O–H groups in total. The van der Waals surface area contributed by atoms with E-state index in [-0.39, 0.29) is 11.1 Å². The zero-order chi connectivity index (χ0) is 13.9. The van der Waals surface area contributed by atoms with Crippen LogP contribution < -0.4 is 11.1 Å². The maximum absolute atomic E-state index is 6.05. The fourth-order valence-electron chi connectivity index (χ4n) is 2.75. The molecule has 1 aromatic rings. The Labute approximate surface area is 120 Å². The van der Waals surface area contributed by atoms with Crippen molar-refractivity contribution in [3.63, 3.8) is 0 Å². The summed E-state index contributed by atoms with van der Waals surface area (Å²) in [5, 5.41) is 4.35. The number of anilines is 1. The van der Waals surface area contributed by atoms with E-state index in [4.69, 9.17) is 22.1 Å². The van der Waals surface area contributed by atoms with Crippen LogP contribution in [0, 0.1) is 0 Å². The van der Waals surface area contributed by atoms with E-state index in [1.807, 2.05) is 24.3 Å². The van der Waals surface area contributed by atoms with Crippen LogP contribution in [0.25, 0.3) is 0 Å². The van der Waals surface area contributed by atoms with E-state index in [0.717, 1.165) is 36.6 Å². The molecule has 1 fully saturated rings. The smallest absolute Gasteiger partial charge is 0.0674 e. The largest absolute Gasteiger partial charge is 0.378 e. The lowest BCUT2D eigenvalue weighted by atomic mass is 9.79. The summed E-state index contributed by atoms with van der Waals surface area (Å²) in [5.74, 6) is 0. The van der Waals surface area contributed by atoms with Gasteiger partial charge in [-0.1, -0.05) is 18.5 Å². The minimum absolute atomic E-state index is 0.0863. The van der Waals surface area contributed by atoms with Gasteiger partial charge in [0.1, 0.15) is 0 Å². The normalized spacial score (nSPS) is 31.2. The Balaban J connectivity index is 2.16. The highest BCUT2D eigenvalue weighted by molar-refractivity contribution is 6.30. The minimum Gasteiger partial charge on any atom is -0.378 e. The van der Waals surface area contributed by atoms with Gasteiger partial charge in [0, 0.05) is 30.3 Å². The van der Waals surface area contributed by atoms with Gasteiger partial charge in [0.15, 0.2) is 0 Å². The first-order chi connectivity index (χ1) is 9.01. The van der Waals surface area contributed by atoms with Gasteiger partial charge in [-0.15, -0.1) is 0 Å². The quantitative estimate of drug-likeness (QED) is 0.889. The van der Waals surface area contributed by atoms with E-state index in [9.17, 15) is 0 Å². The molecule has 1 aromatic carbocycles. The van der Waals surface area contributed by atoms with Gasteiger partial charge >= 0.3 is 0 Å². The number of rotatable bonds is 4. The zero-order valence-corrected chi connectivity index (χ0v) is 12.5. The van der Waals surface area contributed by atoms with Crippen molar-refractivity contribution in [2.75, 3.05) is 18.5 Å². The maximum atomic E-state index is 6.05. The molecule has 0 saturated carbocycles. The number of halogens is 1. The number of benzene rings is 1. The first kappa shape index (κ1) is 14.6. The number of hydrogen-bond acceptors (Lipinski definition) is 3. The molecule has 2 rings (SSSR count). The Bertz CT molecular complexity index is 423. The van der Waals surface area contributed by atoms with Crippen molar-refractivity contribution in [3.8, 4) is 0 Å². The van der Waals surface area contributed by atoms with E-state index in [1.54, 1.807) is 0 Å². The van der Waals surface area contributed by atoms with E-state index in [2.05, 4.69) is 19.2 Å². The third-order valence-electron chi connectivity index (χ3n) is 4.14. The lowest BCUT2D eigenvalue weighted by Crippen LogP contribution is -2.55. The van der Waals surface area contributed by atoms with Gasteiger partial charge in [-0.2, -0.15) is 0 Å². The molecule has 0 radical (unpaired) electrons. The highest BCUT2D eigenvalue weighted by Gasteiger charge is 2.41. The average molecular weight is 283 g/mol. The summed E-state index contributed by atoms with van der Waals surface area (Å²) in [6.07, 6.45) is 2.86. The molecule has 3 nitrogen and oxygen atoms in total. The molecule has 0 aliphatic carbocycles. The van der Waals surface area contributed by atoms with E-state index >= 15 is 0 Å². The maximum Gasteiger partial charge on any atom is 0.0674 e. The Morgan fingerprint density at radius 1 is 1.37 bits per heavy atom. The Morgan fingerprint density at radius 3 is 2.63 bits per heavy atom. The van der Waals surface area contributed by atoms with Crippen molar-refractivity contribution in [1.29, 1.82) is 0 Å². The van der Waals surface area contributed by atoms with Crippen LogP contribution >= 0.6 is 11.6 Å². The highest BCUT2D eigenvalue weighted by atomic mass is 35.5. The molecule has 0 spiro atoms. The van der Waals surface area contributed by atoms with Crippen LogP contribution in [-0.2, 0) is 4.74 Å². The second-order valence-corrected chi connectivity index (χ2v) is 6.13. The average Bonchev–Trinajstić information content (AvgIpc) is 2.42. The number of nitrogens with two attached hydrogens (primary N) is 1. The van der Waals surface area contributed by atoms with Crippen molar-refractivity contribution >= 4 is 17.3 Å². The molecule has 0 bridgehead atoms. The van der Waals surface area contributed by atoms with Gasteiger partial charge in [0.25, 0.3) is 0 Å². The summed E-state index contributed by atoms with van der Waals surface area (Å²) in [5.41, 5.74) is 6.94. The lowest BCUT2D eigenvalue weighted by molar-refractivity contribution is -0.0882. The molecule has 0 aromatic heterocycles. The molecule has 2 atom stereocenters. The Kier molecular flexibility index (Phi) is 4.39. The van der Waals surface area contributed by atoms with Crippen molar-refractivity contribution in [1.82, 2.24) is 0 Å². The van der Waals surface area contributed by atoms with Crippen LogP contribution in [0.2, 0.25) is 5.02 Å². The first-order valence-corrected chi connectivity index (χ1v) is 7.26. The highest BCUT2D eigenvalue weighted by Crippen LogP contribution is 2.36. The van der Waals surface area contributed by atoms with Crippen LogP contribution in [0.15, 0.2) is 24.3 Å². The summed E-state index contributed by atoms with van der Waals surface area (Å²) in [6.45, 7) is 5.69. The predicted octanol–water partition coefficient (Wildman–Crippen LogP) is 3.43. The van der Waals surface area contributed by atoms with Gasteiger partial charge in [-0.05, 0) is 44.0 Å². The summed E-state index contributed by atoms with van der Waals surface area (Å²) >= 11 is 5.92. The van der Waals surface area contributed by atoms with E-state index < -0.39 is 0 Å². The topological polar surface area (TPSA) is 47.3 Å². The summed E-state index contributed by atoms with van der Waals surface area (Å²) in [4.78, 5) is 0. The minimum atomic E-state index is -0.0865. The Hall–Kier alpha value is -0.770. The molecule has 1 heterocycles. The van der Waals surface area contributed by atoms with Gasteiger partial charge < -0.3 is 15.8 Å². The molecule has 4 heteroatoms. The molecule has 2 unspecified atom stereocenters. The summed E-state index contributed by atoms with van der Waals surface area (Å²) in [6, 6.07) is 7.79. The van der Waals surface area contributed by atoms with Crippen LogP contribution in [0.3, 0.4) is 0 Å². The number of nitrogens with one attached hydrogen (secondary N) is 1. The van der Waals surface area contributed by atoms with Crippen molar-refractivity contribution < 1.29 is 4.74 Å². The standard InChI is InChI=1S/C15H23ClN2O/c1-3-14(2)10-15(11-17,8-9-19-14)18-13-6-4-12(16)5-7-13/h4-7,18H,3,8-11,17H2,1-2H3. The second kappa shape index (κ2) is 5.70. The van der Waals surface area contributed by atoms with Gasteiger partial charge in [-0.3, -0.25) is 0 Å². The fraction of sp³-hybridized carbons (Fsp3) is 0.600. The molecule has 1 saturated heterocycles. The SMILES string of the molecule is CCC1(C)CC(CN)(Nc2ccc(Cl)cc2)CCO1. The molecule has 19 heavy (non-hydrogen) atoms. The Morgan fingerprint density at radius 2 is 2.05 bits per heavy atom. The first-order valence-electron chi connectivity index (χ1n) is 6.89. The fourth-order valence-corrected chi connectivity index (χ4v) is 2.87. The molecular weight excluding hydrogens is 260 g/mol. The van der Waals surface area contributed by atoms with Crippen LogP contribution in [0.1, 0.15) is 33.1 Å². The lowest BCUT2D eigenvalue weighted by Gasteiger charge is -2.46. The van der Waals surface area contributed by atoms with E-state index in [0.29, 0.717) is 6.54 Å². The van der Waals surface area contributed by atoms with Crippen molar-refractivity contribution in [2.24, 2.45) is 5.73 Å². The molecular formula is C15H23ClN2O. The zero-order valence-electron chi connectivity index (χ0n) is 11.7. The monoisotopic (exact) mass is 282 g/mol.